The Kier molecular flexibility index (Phi) is 52.7. The summed E-state index contributed by atoms with van der Waals surface area (Å²) < 4.78 is 67.6. The summed E-state index contributed by atoms with van der Waals surface area (Å²) >= 11 is 0. The van der Waals surface area contributed by atoms with E-state index in [1.165, 1.54) is 116 Å². The number of unbranched alkanes of at least 4 members (excludes halogenated alkanes) is 31. The van der Waals surface area contributed by atoms with Gasteiger partial charge in [-0.25, -0.2) is 9.13 Å². The number of hydrogen-bond donors (Lipinski definition) is 3. The molecule has 0 aliphatic heterocycles. The van der Waals surface area contributed by atoms with Crippen molar-refractivity contribution < 1.29 is 80.2 Å². The predicted octanol–water partition coefficient (Wildman–Crippen LogP) is 16.2. The van der Waals surface area contributed by atoms with Crippen molar-refractivity contribution in [2.45, 2.75) is 316 Å². The van der Waals surface area contributed by atoms with Crippen LogP contribution in [-0.2, 0) is 65.4 Å². The van der Waals surface area contributed by atoms with Crippen molar-refractivity contribution in [3.8, 4) is 0 Å². The van der Waals surface area contributed by atoms with Gasteiger partial charge in [0.15, 0.2) is 12.2 Å². The molecule has 3 N–H and O–H groups in total. The van der Waals surface area contributed by atoms with Crippen LogP contribution in [0.15, 0.2) is 0 Å². The van der Waals surface area contributed by atoms with Crippen LogP contribution >= 0.6 is 15.6 Å². The second-order valence-electron chi connectivity index (χ2n) is 22.0. The van der Waals surface area contributed by atoms with Gasteiger partial charge in [-0.05, 0) is 31.6 Å². The summed E-state index contributed by atoms with van der Waals surface area (Å²) in [5.41, 5.74) is 0. The molecule has 0 spiro atoms. The highest BCUT2D eigenvalue weighted by molar-refractivity contribution is 7.47. The molecule has 3 unspecified atom stereocenters. The van der Waals surface area contributed by atoms with Gasteiger partial charge in [-0.1, -0.05) is 247 Å². The molecule has 6 atom stereocenters. The molecule has 0 aliphatic rings. The Balaban J connectivity index is 5.19. The maximum atomic E-state index is 12.9. The van der Waals surface area contributed by atoms with E-state index in [1.54, 1.807) is 0 Å². The molecule has 0 bridgehead atoms. The highest BCUT2D eigenvalue weighted by atomic mass is 31.2. The Labute approximate surface area is 479 Å². The average Bonchev–Trinajstić information content (AvgIpc) is 3.42. The van der Waals surface area contributed by atoms with Gasteiger partial charge in [-0.3, -0.25) is 37.3 Å². The number of phosphoric ester groups is 2. The van der Waals surface area contributed by atoms with E-state index in [2.05, 4.69) is 34.6 Å². The Bertz CT molecular complexity index is 1550. The van der Waals surface area contributed by atoms with Crippen LogP contribution in [0.1, 0.15) is 298 Å². The SMILES string of the molecule is CCCCCCCCCCCCCC(=O)OC[C@H](COP(=O)(O)OC[C@@H](O)COP(=O)(O)OC[C@@H](COC(=O)CCCCCCC)OC(=O)CCCCCCCCCCCCC)OC(=O)CCCCCCCCCCC(C)CC. The lowest BCUT2D eigenvalue weighted by Crippen LogP contribution is -2.30. The molecule has 0 aliphatic carbocycles. The smallest absolute Gasteiger partial charge is 0.462 e. The molecule has 468 valence electrons. The van der Waals surface area contributed by atoms with Crippen LogP contribution in [-0.4, -0.2) is 96.7 Å². The molecule has 0 amide bonds. The zero-order valence-corrected chi connectivity index (χ0v) is 52.3. The largest absolute Gasteiger partial charge is 0.472 e. The molecule has 0 rings (SSSR count). The van der Waals surface area contributed by atoms with Crippen LogP contribution in [0.3, 0.4) is 0 Å². The van der Waals surface area contributed by atoms with Crippen LogP contribution in [0.4, 0.5) is 0 Å². The number of carbonyl (C=O) groups excluding carboxylic acids is 4. The Morgan fingerprint density at radius 3 is 0.899 bits per heavy atom. The number of hydrogen-bond acceptors (Lipinski definition) is 15. The molecule has 0 saturated heterocycles. The normalized spacial score (nSPS) is 14.7. The molecule has 0 radical (unpaired) electrons. The van der Waals surface area contributed by atoms with Crippen LogP contribution in [0.5, 0.6) is 0 Å². The fraction of sp³-hybridized carbons (Fsp3) is 0.933. The van der Waals surface area contributed by atoms with Crippen molar-refractivity contribution in [2.75, 3.05) is 39.6 Å². The van der Waals surface area contributed by atoms with Crippen molar-refractivity contribution in [3.63, 3.8) is 0 Å². The minimum atomic E-state index is -4.94. The van der Waals surface area contributed by atoms with Crippen molar-refractivity contribution in [1.29, 1.82) is 0 Å². The first kappa shape index (κ1) is 77.1. The number of phosphoric acid groups is 2. The number of ether oxygens (including phenoxy) is 4. The van der Waals surface area contributed by atoms with Crippen molar-refractivity contribution in [3.05, 3.63) is 0 Å². The number of esters is 4. The summed E-state index contributed by atoms with van der Waals surface area (Å²) in [5.74, 6) is -1.38. The second-order valence-corrected chi connectivity index (χ2v) is 24.9. The first-order valence-electron chi connectivity index (χ1n) is 31.7. The van der Waals surface area contributed by atoms with Crippen molar-refractivity contribution in [2.24, 2.45) is 5.92 Å². The Morgan fingerprint density at radius 1 is 0.354 bits per heavy atom. The van der Waals surface area contributed by atoms with E-state index in [0.29, 0.717) is 25.7 Å². The molecular weight excluding hydrogens is 1050 g/mol. The van der Waals surface area contributed by atoms with Gasteiger partial charge in [0, 0.05) is 25.7 Å². The minimum absolute atomic E-state index is 0.105. The molecule has 0 heterocycles. The molecule has 0 aromatic heterocycles. The van der Waals surface area contributed by atoms with E-state index >= 15 is 0 Å². The predicted molar refractivity (Wildman–Crippen MR) is 312 cm³/mol. The van der Waals surface area contributed by atoms with Gasteiger partial charge in [0.05, 0.1) is 26.4 Å². The fourth-order valence-electron chi connectivity index (χ4n) is 8.84. The lowest BCUT2D eigenvalue weighted by molar-refractivity contribution is -0.161. The van der Waals surface area contributed by atoms with Crippen molar-refractivity contribution >= 4 is 39.5 Å². The summed E-state index contributed by atoms with van der Waals surface area (Å²) in [7, 11) is -9.87. The van der Waals surface area contributed by atoms with Gasteiger partial charge in [0.1, 0.15) is 19.3 Å². The monoisotopic (exact) mass is 1170 g/mol. The molecule has 0 fully saturated rings. The summed E-state index contributed by atoms with van der Waals surface area (Å²) in [5, 5.41) is 10.5. The maximum absolute atomic E-state index is 12.9. The second kappa shape index (κ2) is 54.0. The Morgan fingerprint density at radius 2 is 0.608 bits per heavy atom. The van der Waals surface area contributed by atoms with E-state index < -0.39 is 97.5 Å². The van der Waals surface area contributed by atoms with Crippen LogP contribution < -0.4 is 0 Å². The number of aliphatic hydroxyl groups is 1. The topological polar surface area (TPSA) is 237 Å². The highest BCUT2D eigenvalue weighted by Gasteiger charge is 2.30. The lowest BCUT2D eigenvalue weighted by atomic mass is 9.99. The molecule has 19 heteroatoms. The molecule has 0 saturated carbocycles. The molecule has 79 heavy (non-hydrogen) atoms. The third kappa shape index (κ3) is 53.8. The van der Waals surface area contributed by atoms with E-state index in [1.807, 2.05) is 0 Å². The van der Waals surface area contributed by atoms with Gasteiger partial charge in [0.2, 0.25) is 0 Å². The molecule has 17 nitrogen and oxygen atoms in total. The van der Waals surface area contributed by atoms with E-state index in [-0.39, 0.29) is 25.7 Å². The molecular formula is C60H116O17P2. The lowest BCUT2D eigenvalue weighted by Gasteiger charge is -2.21. The summed E-state index contributed by atoms with van der Waals surface area (Å²) in [6.45, 7) is 7.07. The van der Waals surface area contributed by atoms with Gasteiger partial charge < -0.3 is 33.8 Å². The van der Waals surface area contributed by atoms with Gasteiger partial charge in [-0.2, -0.15) is 0 Å². The summed E-state index contributed by atoms with van der Waals surface area (Å²) in [4.78, 5) is 71.8. The first-order chi connectivity index (χ1) is 38.1. The van der Waals surface area contributed by atoms with E-state index in [4.69, 9.17) is 37.0 Å². The summed E-state index contributed by atoms with van der Waals surface area (Å²) in [6, 6.07) is 0. The van der Waals surface area contributed by atoms with Gasteiger partial charge in [-0.15, -0.1) is 0 Å². The zero-order chi connectivity index (χ0) is 58.5. The molecule has 0 aromatic carbocycles. The van der Waals surface area contributed by atoms with Crippen molar-refractivity contribution in [1.82, 2.24) is 0 Å². The summed E-state index contributed by atoms with van der Waals surface area (Å²) in [6.07, 6.45) is 36.4. The van der Waals surface area contributed by atoms with Crippen LogP contribution in [0.25, 0.3) is 0 Å². The first-order valence-corrected chi connectivity index (χ1v) is 34.7. The Hall–Kier alpha value is -1.94. The zero-order valence-electron chi connectivity index (χ0n) is 50.5. The highest BCUT2D eigenvalue weighted by Crippen LogP contribution is 2.45. The van der Waals surface area contributed by atoms with Crippen LogP contribution in [0.2, 0.25) is 0 Å². The van der Waals surface area contributed by atoms with E-state index in [9.17, 15) is 43.2 Å². The third-order valence-corrected chi connectivity index (χ3v) is 16.0. The number of carbonyl (C=O) groups is 4. The fourth-order valence-corrected chi connectivity index (χ4v) is 10.4. The minimum Gasteiger partial charge on any atom is -0.462 e. The number of rotatable bonds is 60. The van der Waals surface area contributed by atoms with Crippen LogP contribution in [0, 0.1) is 5.92 Å². The average molecular weight is 1170 g/mol. The van der Waals surface area contributed by atoms with E-state index in [0.717, 1.165) is 102 Å². The maximum Gasteiger partial charge on any atom is 0.472 e. The quantitative estimate of drug-likeness (QED) is 0.0222. The van der Waals surface area contributed by atoms with Gasteiger partial charge >= 0.3 is 39.5 Å². The molecule has 0 aromatic rings. The number of aliphatic hydroxyl groups excluding tert-OH is 1. The van der Waals surface area contributed by atoms with Gasteiger partial charge in [0.25, 0.3) is 0 Å². The third-order valence-electron chi connectivity index (χ3n) is 14.1. The standard InChI is InChI=1S/C60H116O17P2/c1-6-10-13-16-18-20-22-24-29-34-39-44-58(63)71-50-56(77-60(65)46-41-36-31-27-26-28-33-37-42-53(5)9-4)52-75-79(68,69)73-48-54(61)47-72-78(66,67)74-51-55(49-70-57(62)43-38-32-15-12-8-3)76-59(64)45-40-35-30-25-23-21-19-17-14-11-7-2/h53-56,61H,6-52H2,1-5H3,(H,66,67)(H,68,69)/t53?,54-,55+,56+/m0/s1.